The average Bonchev–Trinajstić information content (AvgIpc) is 3.88. The maximum Gasteiger partial charge on any atom is 0.410 e. The van der Waals surface area contributed by atoms with Gasteiger partial charge in [0.05, 0.1) is 46.8 Å². The van der Waals surface area contributed by atoms with Gasteiger partial charge in [-0.15, -0.1) is 22.7 Å². The first-order chi connectivity index (χ1) is 23.3. The Morgan fingerprint density at radius 3 is 2.22 bits per heavy atom. The number of ether oxygens (including phenoxy) is 2. The molecule has 262 valence electrons. The van der Waals surface area contributed by atoms with Crippen LogP contribution in [0.25, 0.3) is 41.7 Å². The summed E-state index contributed by atoms with van der Waals surface area (Å²) in [5, 5.41) is 0. The second-order valence-electron chi connectivity index (χ2n) is 14.2. The zero-order valence-corrected chi connectivity index (χ0v) is 31.4. The van der Waals surface area contributed by atoms with Crippen LogP contribution in [0, 0.1) is 0 Å². The van der Waals surface area contributed by atoms with Crippen LogP contribution in [0.1, 0.15) is 85.4 Å². The fourth-order valence-electron chi connectivity index (χ4n) is 5.37. The molecule has 5 heterocycles. The first-order valence-corrected chi connectivity index (χ1v) is 18.4. The van der Waals surface area contributed by atoms with Crippen molar-refractivity contribution in [2.24, 2.45) is 0 Å². The summed E-state index contributed by atoms with van der Waals surface area (Å²) in [6, 6.07) is 13.0. The molecule has 1 aliphatic rings. The molecule has 0 radical (unpaired) electrons. The Bertz CT molecular complexity index is 1810. The summed E-state index contributed by atoms with van der Waals surface area (Å²) in [7, 11) is 1.71. The lowest BCUT2D eigenvalue weighted by Gasteiger charge is -2.26. The molecule has 1 aromatic carbocycles. The number of H-pyrrole nitrogens is 2. The Hall–Kier alpha value is -4.00. The van der Waals surface area contributed by atoms with Gasteiger partial charge in [-0.05, 0) is 84.1 Å². The Kier molecular flexibility index (Phi) is 11.3. The fraction of sp³-hybridized carbons (Fsp3) is 0.459. The largest absolute Gasteiger partial charge is 0.444 e. The number of rotatable bonds is 9. The number of aromatic nitrogens is 4. The second-order valence-corrected chi connectivity index (χ2v) is 16.3. The van der Waals surface area contributed by atoms with Crippen LogP contribution in [-0.2, 0) is 20.8 Å². The number of carbonyl (C=O) groups excluding carboxylic acids is 2. The lowest BCUT2D eigenvalue weighted by Crippen LogP contribution is -2.37. The smallest absolute Gasteiger partial charge is 0.410 e. The summed E-state index contributed by atoms with van der Waals surface area (Å²) >= 11 is 3.50. The number of methoxy groups -OCH3 is 1. The van der Waals surface area contributed by atoms with Crippen molar-refractivity contribution in [3.8, 4) is 32.3 Å². The molecule has 6 rings (SSSR count). The first-order valence-electron chi connectivity index (χ1n) is 16.7. The third-order valence-electron chi connectivity index (χ3n) is 8.02. The van der Waals surface area contributed by atoms with E-state index in [4.69, 9.17) is 9.47 Å². The van der Waals surface area contributed by atoms with Crippen LogP contribution in [-0.4, -0.2) is 73.6 Å². The van der Waals surface area contributed by atoms with Crippen molar-refractivity contribution in [2.45, 2.75) is 91.5 Å². The topological polar surface area (TPSA) is 116 Å². The van der Waals surface area contributed by atoms with Gasteiger partial charge in [-0.2, -0.15) is 0 Å². The third-order valence-corrected chi connectivity index (χ3v) is 10.4. The van der Waals surface area contributed by atoms with Crippen LogP contribution >= 0.6 is 22.7 Å². The highest BCUT2D eigenvalue weighted by Crippen LogP contribution is 2.41. The molecule has 1 aliphatic heterocycles. The van der Waals surface area contributed by atoms with E-state index in [-0.39, 0.29) is 17.7 Å². The van der Waals surface area contributed by atoms with Crippen molar-refractivity contribution in [3.63, 3.8) is 0 Å². The zero-order chi connectivity index (χ0) is 35.3. The molecular formula is C37H48N6O4S2. The molecule has 0 bridgehead atoms. The van der Waals surface area contributed by atoms with Crippen LogP contribution in [0.2, 0.25) is 0 Å². The molecule has 0 spiro atoms. The van der Waals surface area contributed by atoms with E-state index in [1.165, 1.54) is 19.8 Å². The number of thiophene rings is 2. The van der Waals surface area contributed by atoms with Crippen LogP contribution in [0.15, 0.2) is 48.8 Å². The molecule has 5 aromatic rings. The minimum absolute atomic E-state index is 0.0378. The molecule has 2 N–H and O–H groups in total. The molecule has 1 unspecified atom stereocenters. The van der Waals surface area contributed by atoms with Gasteiger partial charge in [0.2, 0.25) is 6.41 Å². The Labute approximate surface area is 296 Å². The van der Waals surface area contributed by atoms with E-state index in [2.05, 4.69) is 56.3 Å². The number of aromatic amines is 2. The van der Waals surface area contributed by atoms with Crippen molar-refractivity contribution in [2.75, 3.05) is 20.2 Å². The average molecular weight is 705 g/mol. The second kappa shape index (κ2) is 15.3. The molecule has 1 fully saturated rings. The van der Waals surface area contributed by atoms with E-state index in [0.717, 1.165) is 65.7 Å². The van der Waals surface area contributed by atoms with Crippen LogP contribution in [0.4, 0.5) is 4.79 Å². The van der Waals surface area contributed by atoms with Gasteiger partial charge in [0.25, 0.3) is 0 Å². The number of imidazole rings is 2. The van der Waals surface area contributed by atoms with E-state index in [1.54, 1.807) is 34.7 Å². The van der Waals surface area contributed by atoms with Gasteiger partial charge in [0, 0.05) is 34.5 Å². The summed E-state index contributed by atoms with van der Waals surface area (Å²) in [6.07, 6.45) is 7.08. The molecule has 2 amide bonds. The van der Waals surface area contributed by atoms with E-state index in [1.807, 2.05) is 65.8 Å². The standard InChI is InChI=1S/C32H36N6O3S2.C5H12O/c1-5-12-37(31(40)41-32(2,3)4)18-29-33-17-23(35-29)26-15-28-27(43-26)14-25(42-28)21-10-8-20(9-11-21)22-16-34-30(36-22)24-7-6-13-38(24)19-39;1-5(2,3)6-4/h8-11,14-17,19,24H,5-7,12-13,18H2,1-4H3,(H,33,35)(H,34,36);1-4H3. The van der Waals surface area contributed by atoms with Gasteiger partial charge in [-0.25, -0.2) is 14.8 Å². The SMILES string of the molecule is CCCN(Cc1ncc(-c2cc3sc(-c4ccc(-c5cnc(C6CCCN6C=O)[nH]5)cc4)cc3s2)[nH]1)C(=O)OC(C)(C)C.COC(C)(C)C. The number of hydrogen-bond acceptors (Lipinski definition) is 8. The highest BCUT2D eigenvalue weighted by Gasteiger charge is 2.27. The van der Waals surface area contributed by atoms with E-state index in [9.17, 15) is 9.59 Å². The number of hydrogen-bond donors (Lipinski definition) is 2. The Balaban J connectivity index is 0.000000717. The molecule has 0 saturated carbocycles. The highest BCUT2D eigenvalue weighted by molar-refractivity contribution is 7.31. The van der Waals surface area contributed by atoms with Gasteiger partial charge in [0.1, 0.15) is 17.2 Å². The highest BCUT2D eigenvalue weighted by atomic mass is 32.1. The van der Waals surface area contributed by atoms with E-state index < -0.39 is 5.60 Å². The molecule has 10 nitrogen and oxygen atoms in total. The molecule has 49 heavy (non-hydrogen) atoms. The number of likely N-dealkylation sites (tertiary alicyclic amines) is 1. The van der Waals surface area contributed by atoms with Crippen molar-refractivity contribution < 1.29 is 19.1 Å². The van der Waals surface area contributed by atoms with Crippen LogP contribution in [0.5, 0.6) is 0 Å². The van der Waals surface area contributed by atoms with Gasteiger partial charge in [0.15, 0.2) is 0 Å². The van der Waals surface area contributed by atoms with E-state index in [0.29, 0.717) is 13.1 Å². The lowest BCUT2D eigenvalue weighted by molar-refractivity contribution is -0.119. The van der Waals surface area contributed by atoms with E-state index >= 15 is 0 Å². The predicted octanol–water partition coefficient (Wildman–Crippen LogP) is 9.28. The third kappa shape index (κ3) is 9.37. The number of nitrogens with one attached hydrogen (secondary N) is 2. The summed E-state index contributed by atoms with van der Waals surface area (Å²) < 4.78 is 13.0. The number of carbonyl (C=O) groups is 2. The van der Waals surface area contributed by atoms with Gasteiger partial charge in [-0.1, -0.05) is 31.2 Å². The van der Waals surface area contributed by atoms with Gasteiger partial charge >= 0.3 is 6.09 Å². The predicted molar refractivity (Wildman–Crippen MR) is 199 cm³/mol. The number of nitrogens with zero attached hydrogens (tertiary/aromatic N) is 4. The van der Waals surface area contributed by atoms with Crippen LogP contribution < -0.4 is 0 Å². The fourth-order valence-corrected chi connectivity index (χ4v) is 7.73. The minimum Gasteiger partial charge on any atom is -0.444 e. The van der Waals surface area contributed by atoms with Crippen molar-refractivity contribution >= 4 is 44.6 Å². The molecular weight excluding hydrogens is 657 g/mol. The van der Waals surface area contributed by atoms with Crippen molar-refractivity contribution in [3.05, 3.63) is 60.4 Å². The maximum absolute atomic E-state index is 12.7. The van der Waals surface area contributed by atoms with Gasteiger partial charge in [-0.3, -0.25) is 4.79 Å². The summed E-state index contributed by atoms with van der Waals surface area (Å²) in [5.74, 6) is 1.59. The monoisotopic (exact) mass is 704 g/mol. The minimum atomic E-state index is -0.541. The normalized spacial score (nSPS) is 14.9. The summed E-state index contributed by atoms with van der Waals surface area (Å²) in [5.41, 5.74) is 3.64. The lowest BCUT2D eigenvalue weighted by atomic mass is 10.1. The molecule has 12 heteroatoms. The molecule has 1 saturated heterocycles. The Morgan fingerprint density at radius 2 is 1.59 bits per heavy atom. The number of benzene rings is 1. The number of amides is 2. The quantitative estimate of drug-likeness (QED) is 0.148. The number of fused-ring (bicyclic) bond motifs is 1. The zero-order valence-electron chi connectivity index (χ0n) is 29.8. The van der Waals surface area contributed by atoms with Crippen molar-refractivity contribution in [1.82, 2.24) is 29.7 Å². The Morgan fingerprint density at radius 1 is 0.959 bits per heavy atom. The summed E-state index contributed by atoms with van der Waals surface area (Å²) in [4.78, 5) is 45.8. The maximum atomic E-state index is 12.7. The first kappa shape index (κ1) is 36.3. The van der Waals surface area contributed by atoms with Crippen LogP contribution in [0.3, 0.4) is 0 Å². The molecule has 1 atom stereocenters. The molecule has 0 aliphatic carbocycles. The summed E-state index contributed by atoms with van der Waals surface area (Å²) in [6.45, 7) is 15.5. The van der Waals surface area contributed by atoms with Crippen molar-refractivity contribution in [1.29, 1.82) is 0 Å². The van der Waals surface area contributed by atoms with Gasteiger partial charge < -0.3 is 29.2 Å². The molecule has 4 aromatic heterocycles.